The second-order valence-corrected chi connectivity index (χ2v) is 6.68. The molecular weight excluding hydrogens is 232 g/mol. The second-order valence-electron chi connectivity index (χ2n) is 5.08. The minimum Gasteiger partial charge on any atom is -0.481 e. The van der Waals surface area contributed by atoms with Crippen LogP contribution in [-0.4, -0.2) is 31.9 Å². The quantitative estimate of drug-likeness (QED) is 0.762. The maximum absolute atomic E-state index is 11.0. The van der Waals surface area contributed by atoms with Gasteiger partial charge in [0, 0.05) is 0 Å². The Kier molecular flexibility index (Phi) is 3.64. The number of hydrogen-bond donors (Lipinski definition) is 1. The summed E-state index contributed by atoms with van der Waals surface area (Å²) in [6.07, 6.45) is 2.02. The van der Waals surface area contributed by atoms with Crippen LogP contribution >= 0.6 is 0 Å². The van der Waals surface area contributed by atoms with Gasteiger partial charge in [0.15, 0.2) is 0 Å². The number of hydrogen-bond acceptors (Lipinski definition) is 4. The lowest BCUT2D eigenvalue weighted by molar-refractivity contribution is -0.149. The molecule has 0 radical (unpaired) electrons. The molecule has 6 heteroatoms. The first-order valence-corrected chi connectivity index (χ1v) is 7.04. The number of carboxylic acid groups (broad SMARTS) is 1. The van der Waals surface area contributed by atoms with E-state index in [0.717, 1.165) is 6.26 Å². The molecule has 0 aromatic heterocycles. The molecule has 1 aliphatic rings. The van der Waals surface area contributed by atoms with Gasteiger partial charge in [-0.2, -0.15) is 8.42 Å². The van der Waals surface area contributed by atoms with Gasteiger partial charge in [0.2, 0.25) is 0 Å². The molecule has 0 saturated heterocycles. The molecule has 1 aliphatic carbocycles. The third kappa shape index (κ3) is 3.45. The Hall–Kier alpha value is -0.620. The van der Waals surface area contributed by atoms with E-state index in [2.05, 4.69) is 0 Å². The Morgan fingerprint density at radius 1 is 1.38 bits per heavy atom. The predicted octanol–water partition coefficient (Wildman–Crippen LogP) is 1.24. The van der Waals surface area contributed by atoms with Crippen LogP contribution in [0.2, 0.25) is 0 Å². The Bertz CT molecular complexity index is 371. The van der Waals surface area contributed by atoms with Crippen molar-refractivity contribution in [3.05, 3.63) is 0 Å². The van der Waals surface area contributed by atoms with Crippen LogP contribution in [0.4, 0.5) is 0 Å². The van der Waals surface area contributed by atoms with Crippen molar-refractivity contribution in [3.63, 3.8) is 0 Å². The average Bonchev–Trinajstić information content (AvgIpc) is 1.97. The summed E-state index contributed by atoms with van der Waals surface area (Å²) < 4.78 is 26.9. The summed E-state index contributed by atoms with van der Waals surface area (Å²) in [7, 11) is -3.46. The van der Waals surface area contributed by atoms with E-state index in [-0.39, 0.29) is 6.10 Å². The maximum Gasteiger partial charge on any atom is 0.307 e. The Labute approximate surface area is 95.9 Å². The molecule has 16 heavy (non-hydrogen) atoms. The Morgan fingerprint density at radius 3 is 2.31 bits per heavy atom. The number of carboxylic acids is 1. The van der Waals surface area contributed by atoms with Crippen LogP contribution in [0.25, 0.3) is 0 Å². The zero-order chi connectivity index (χ0) is 12.6. The van der Waals surface area contributed by atoms with Gasteiger partial charge >= 0.3 is 5.97 Å². The van der Waals surface area contributed by atoms with E-state index in [1.807, 2.05) is 13.8 Å². The van der Waals surface area contributed by atoms with E-state index in [0.29, 0.717) is 19.3 Å². The van der Waals surface area contributed by atoms with Gasteiger partial charge in [-0.15, -0.1) is 0 Å². The molecule has 0 bridgehead atoms. The molecule has 5 nitrogen and oxygen atoms in total. The topological polar surface area (TPSA) is 80.7 Å². The minimum absolute atomic E-state index is 0.388. The van der Waals surface area contributed by atoms with Gasteiger partial charge in [0.25, 0.3) is 10.1 Å². The lowest BCUT2D eigenvalue weighted by Gasteiger charge is -2.39. The molecule has 1 N–H and O–H groups in total. The highest BCUT2D eigenvalue weighted by molar-refractivity contribution is 7.86. The molecule has 1 fully saturated rings. The molecule has 94 valence electrons. The van der Waals surface area contributed by atoms with Gasteiger partial charge in [-0.1, -0.05) is 13.8 Å². The molecule has 2 unspecified atom stereocenters. The largest absolute Gasteiger partial charge is 0.481 e. The maximum atomic E-state index is 11.0. The predicted molar refractivity (Wildman–Crippen MR) is 58.5 cm³/mol. The molecule has 0 aliphatic heterocycles. The van der Waals surface area contributed by atoms with Crippen LogP contribution in [0.1, 0.15) is 33.1 Å². The molecule has 1 rings (SSSR count). The summed E-state index contributed by atoms with van der Waals surface area (Å²) in [6, 6.07) is 0. The first-order chi connectivity index (χ1) is 7.12. The molecule has 0 aromatic rings. The lowest BCUT2D eigenvalue weighted by atomic mass is 9.68. The van der Waals surface area contributed by atoms with Crippen LogP contribution in [0.15, 0.2) is 0 Å². The van der Waals surface area contributed by atoms with Crippen LogP contribution < -0.4 is 0 Å². The van der Waals surface area contributed by atoms with E-state index < -0.39 is 27.4 Å². The standard InChI is InChI=1S/C10H18O5S/c1-10(2)6-7(15-16(3,13)14)4-5-8(10)9(11)12/h7-8H,4-6H2,1-3H3,(H,11,12). The first kappa shape index (κ1) is 13.4. The highest BCUT2D eigenvalue weighted by Gasteiger charge is 2.42. The lowest BCUT2D eigenvalue weighted by Crippen LogP contribution is -2.40. The van der Waals surface area contributed by atoms with Gasteiger partial charge in [0.05, 0.1) is 18.3 Å². The van der Waals surface area contributed by atoms with Crippen molar-refractivity contribution in [2.24, 2.45) is 11.3 Å². The summed E-state index contributed by atoms with van der Waals surface area (Å²) in [5.74, 6) is -1.24. The monoisotopic (exact) mass is 250 g/mol. The molecule has 2 atom stereocenters. The highest BCUT2D eigenvalue weighted by atomic mass is 32.2. The third-order valence-electron chi connectivity index (χ3n) is 3.08. The fourth-order valence-electron chi connectivity index (χ4n) is 2.36. The highest BCUT2D eigenvalue weighted by Crippen LogP contribution is 2.42. The van der Waals surface area contributed by atoms with E-state index in [1.54, 1.807) is 0 Å². The zero-order valence-electron chi connectivity index (χ0n) is 9.76. The first-order valence-electron chi connectivity index (χ1n) is 5.23. The summed E-state index contributed by atoms with van der Waals surface area (Å²) in [6.45, 7) is 3.67. The fraction of sp³-hybridized carbons (Fsp3) is 0.900. The third-order valence-corrected chi connectivity index (χ3v) is 3.71. The summed E-state index contributed by atoms with van der Waals surface area (Å²) in [5.41, 5.74) is -0.431. The second kappa shape index (κ2) is 4.33. The Balaban J connectivity index is 2.71. The molecule has 0 spiro atoms. The molecule has 0 amide bonds. The van der Waals surface area contributed by atoms with Crippen molar-refractivity contribution in [2.45, 2.75) is 39.2 Å². The van der Waals surface area contributed by atoms with Crippen molar-refractivity contribution in [1.82, 2.24) is 0 Å². The van der Waals surface area contributed by atoms with Crippen molar-refractivity contribution in [3.8, 4) is 0 Å². The smallest absolute Gasteiger partial charge is 0.307 e. The minimum atomic E-state index is -3.46. The van der Waals surface area contributed by atoms with Crippen LogP contribution in [0, 0.1) is 11.3 Å². The molecule has 1 saturated carbocycles. The van der Waals surface area contributed by atoms with E-state index in [9.17, 15) is 13.2 Å². The van der Waals surface area contributed by atoms with Crippen LogP contribution in [0.3, 0.4) is 0 Å². The molecular formula is C10H18O5S. The van der Waals surface area contributed by atoms with Gasteiger partial charge < -0.3 is 5.11 Å². The van der Waals surface area contributed by atoms with E-state index in [4.69, 9.17) is 9.29 Å². The SMILES string of the molecule is CC1(C)CC(OS(C)(=O)=O)CCC1C(=O)O. The van der Waals surface area contributed by atoms with Crippen molar-refractivity contribution in [1.29, 1.82) is 0 Å². The van der Waals surface area contributed by atoms with Gasteiger partial charge in [-0.25, -0.2) is 0 Å². The fourth-order valence-corrected chi connectivity index (χ4v) is 3.02. The van der Waals surface area contributed by atoms with Crippen LogP contribution in [0.5, 0.6) is 0 Å². The van der Waals surface area contributed by atoms with Crippen molar-refractivity contribution >= 4 is 16.1 Å². The molecule has 0 aromatic carbocycles. The van der Waals surface area contributed by atoms with Crippen molar-refractivity contribution in [2.75, 3.05) is 6.26 Å². The van der Waals surface area contributed by atoms with Gasteiger partial charge in [0.1, 0.15) is 0 Å². The van der Waals surface area contributed by atoms with E-state index >= 15 is 0 Å². The summed E-state index contributed by atoms with van der Waals surface area (Å²) in [5, 5.41) is 9.03. The summed E-state index contributed by atoms with van der Waals surface area (Å²) in [4.78, 5) is 11.0. The zero-order valence-corrected chi connectivity index (χ0v) is 10.6. The average molecular weight is 250 g/mol. The molecule has 0 heterocycles. The number of rotatable bonds is 3. The number of carbonyl (C=O) groups is 1. The van der Waals surface area contributed by atoms with Gasteiger partial charge in [-0.3, -0.25) is 8.98 Å². The van der Waals surface area contributed by atoms with E-state index in [1.165, 1.54) is 0 Å². The van der Waals surface area contributed by atoms with Crippen molar-refractivity contribution < 1.29 is 22.5 Å². The Morgan fingerprint density at radius 2 is 1.94 bits per heavy atom. The van der Waals surface area contributed by atoms with Crippen LogP contribution in [-0.2, 0) is 19.1 Å². The number of aliphatic carboxylic acids is 1. The normalized spacial score (nSPS) is 29.9. The summed E-state index contributed by atoms with van der Waals surface area (Å²) >= 11 is 0. The van der Waals surface area contributed by atoms with Gasteiger partial charge in [-0.05, 0) is 24.7 Å².